The highest BCUT2D eigenvalue weighted by atomic mass is 16.5. The van der Waals surface area contributed by atoms with Gasteiger partial charge in [0.25, 0.3) is 0 Å². The van der Waals surface area contributed by atoms with Crippen LogP contribution >= 0.6 is 0 Å². The van der Waals surface area contributed by atoms with E-state index in [0.29, 0.717) is 6.04 Å². The zero-order valence-corrected chi connectivity index (χ0v) is 12.9. The molecule has 0 heterocycles. The molecule has 1 aliphatic rings. The van der Waals surface area contributed by atoms with Gasteiger partial charge in [-0.1, -0.05) is 25.3 Å². The second-order valence-electron chi connectivity index (χ2n) is 5.75. The van der Waals surface area contributed by atoms with Crippen molar-refractivity contribution < 1.29 is 9.47 Å². The van der Waals surface area contributed by atoms with Crippen LogP contribution in [0.5, 0.6) is 11.5 Å². The summed E-state index contributed by atoms with van der Waals surface area (Å²) in [7, 11) is 3.39. The van der Waals surface area contributed by atoms with Crippen LogP contribution in [0, 0.1) is 5.92 Å². The van der Waals surface area contributed by atoms with E-state index in [1.165, 1.54) is 37.7 Å². The Hall–Kier alpha value is -1.22. The minimum absolute atomic E-state index is 0.571. The van der Waals surface area contributed by atoms with E-state index in [9.17, 15) is 0 Å². The van der Waals surface area contributed by atoms with Gasteiger partial charge in [0.15, 0.2) is 0 Å². The molecule has 1 N–H and O–H groups in total. The Kier molecular flexibility index (Phi) is 5.72. The zero-order valence-electron chi connectivity index (χ0n) is 12.9. The number of hydrogen-bond acceptors (Lipinski definition) is 3. The lowest BCUT2D eigenvalue weighted by Crippen LogP contribution is -2.34. The Balaban J connectivity index is 1.92. The molecule has 3 nitrogen and oxygen atoms in total. The van der Waals surface area contributed by atoms with Crippen LogP contribution in [0.25, 0.3) is 0 Å². The monoisotopic (exact) mass is 277 g/mol. The van der Waals surface area contributed by atoms with Gasteiger partial charge in [-0.2, -0.15) is 0 Å². The highest BCUT2D eigenvalue weighted by Crippen LogP contribution is 2.28. The summed E-state index contributed by atoms with van der Waals surface area (Å²) in [5, 5.41) is 3.66. The lowest BCUT2D eigenvalue weighted by Gasteiger charge is -2.28. The minimum Gasteiger partial charge on any atom is -0.497 e. The van der Waals surface area contributed by atoms with Gasteiger partial charge in [-0.3, -0.25) is 0 Å². The third-order valence-corrected chi connectivity index (χ3v) is 4.47. The number of nitrogens with one attached hydrogen (secondary N) is 1. The van der Waals surface area contributed by atoms with Gasteiger partial charge in [-0.25, -0.2) is 0 Å². The van der Waals surface area contributed by atoms with Crippen LogP contribution in [-0.4, -0.2) is 20.3 Å². The normalized spacial score (nSPS) is 17.8. The first-order chi connectivity index (χ1) is 9.74. The molecule has 1 aromatic carbocycles. The number of ether oxygens (including phenoxy) is 2. The maximum atomic E-state index is 5.45. The quantitative estimate of drug-likeness (QED) is 0.858. The molecule has 0 bridgehead atoms. The Morgan fingerprint density at radius 2 is 1.90 bits per heavy atom. The molecule has 0 aromatic heterocycles. The van der Waals surface area contributed by atoms with Gasteiger partial charge in [0.1, 0.15) is 11.5 Å². The van der Waals surface area contributed by atoms with E-state index in [-0.39, 0.29) is 0 Å². The first-order valence-corrected chi connectivity index (χ1v) is 7.69. The number of rotatable bonds is 6. The van der Waals surface area contributed by atoms with Gasteiger partial charge >= 0.3 is 0 Å². The van der Waals surface area contributed by atoms with Gasteiger partial charge in [0.05, 0.1) is 14.2 Å². The summed E-state index contributed by atoms with van der Waals surface area (Å²) < 4.78 is 10.7. The van der Waals surface area contributed by atoms with Crippen molar-refractivity contribution in [3.63, 3.8) is 0 Å². The predicted octanol–water partition coefficient (Wildman–Crippen LogP) is 3.76. The van der Waals surface area contributed by atoms with Crippen molar-refractivity contribution in [2.75, 3.05) is 14.2 Å². The van der Waals surface area contributed by atoms with Crippen LogP contribution in [0.3, 0.4) is 0 Å². The molecular formula is C17H27NO2. The Bertz CT molecular complexity index is 413. The third kappa shape index (κ3) is 3.89. The molecule has 1 atom stereocenters. The molecule has 20 heavy (non-hydrogen) atoms. The molecule has 0 amide bonds. The topological polar surface area (TPSA) is 30.5 Å². The predicted molar refractivity (Wildman–Crippen MR) is 82.4 cm³/mol. The smallest absolute Gasteiger partial charge is 0.127 e. The van der Waals surface area contributed by atoms with E-state index < -0.39 is 0 Å². The van der Waals surface area contributed by atoms with Crippen molar-refractivity contribution in [2.24, 2.45) is 5.92 Å². The first-order valence-electron chi connectivity index (χ1n) is 7.69. The molecule has 1 aromatic rings. The molecule has 1 fully saturated rings. The average molecular weight is 277 g/mol. The van der Waals surface area contributed by atoms with Gasteiger partial charge in [0, 0.05) is 24.2 Å². The second kappa shape index (κ2) is 7.53. The van der Waals surface area contributed by atoms with Crippen LogP contribution in [0.15, 0.2) is 18.2 Å². The molecule has 1 aliphatic carbocycles. The summed E-state index contributed by atoms with van der Waals surface area (Å²) in [5.74, 6) is 2.56. The van der Waals surface area contributed by atoms with E-state index >= 15 is 0 Å². The molecule has 112 valence electrons. The maximum Gasteiger partial charge on any atom is 0.127 e. The zero-order chi connectivity index (χ0) is 14.4. The lowest BCUT2D eigenvalue weighted by atomic mass is 9.84. The van der Waals surface area contributed by atoms with E-state index in [0.717, 1.165) is 24.0 Å². The van der Waals surface area contributed by atoms with Gasteiger partial charge in [-0.15, -0.1) is 0 Å². The van der Waals surface area contributed by atoms with E-state index in [1.807, 2.05) is 12.1 Å². The summed E-state index contributed by atoms with van der Waals surface area (Å²) in [6, 6.07) is 6.59. The SMILES string of the molecule is COc1ccc(CNC(C)C2CCCCC2)c(OC)c1. The lowest BCUT2D eigenvalue weighted by molar-refractivity contribution is 0.279. The summed E-state index contributed by atoms with van der Waals surface area (Å²) >= 11 is 0. The fourth-order valence-electron chi connectivity index (χ4n) is 3.07. The second-order valence-corrected chi connectivity index (χ2v) is 5.75. The van der Waals surface area contributed by atoms with Crippen LogP contribution < -0.4 is 14.8 Å². The van der Waals surface area contributed by atoms with Crippen molar-refractivity contribution in [1.29, 1.82) is 0 Å². The molecule has 1 unspecified atom stereocenters. The molecule has 0 spiro atoms. The average Bonchev–Trinajstić information content (AvgIpc) is 2.53. The first kappa shape index (κ1) is 15.2. The van der Waals surface area contributed by atoms with Crippen molar-refractivity contribution >= 4 is 0 Å². The van der Waals surface area contributed by atoms with Crippen LogP contribution in [-0.2, 0) is 6.54 Å². The number of benzene rings is 1. The van der Waals surface area contributed by atoms with Crippen LogP contribution in [0.2, 0.25) is 0 Å². The summed E-state index contributed by atoms with van der Waals surface area (Å²) in [6.07, 6.45) is 6.93. The third-order valence-electron chi connectivity index (χ3n) is 4.47. The Morgan fingerprint density at radius 3 is 2.55 bits per heavy atom. The van der Waals surface area contributed by atoms with Crippen molar-refractivity contribution in [3.05, 3.63) is 23.8 Å². The van der Waals surface area contributed by atoms with Crippen LogP contribution in [0.4, 0.5) is 0 Å². The largest absolute Gasteiger partial charge is 0.497 e. The summed E-state index contributed by atoms with van der Waals surface area (Å²) in [5.41, 5.74) is 1.19. The summed E-state index contributed by atoms with van der Waals surface area (Å²) in [6.45, 7) is 3.16. The van der Waals surface area contributed by atoms with Crippen molar-refractivity contribution in [3.8, 4) is 11.5 Å². The van der Waals surface area contributed by atoms with E-state index in [2.05, 4.69) is 18.3 Å². The number of hydrogen-bond donors (Lipinski definition) is 1. The van der Waals surface area contributed by atoms with Crippen LogP contribution in [0.1, 0.15) is 44.6 Å². The molecular weight excluding hydrogens is 250 g/mol. The Morgan fingerprint density at radius 1 is 1.15 bits per heavy atom. The number of methoxy groups -OCH3 is 2. The van der Waals surface area contributed by atoms with Gasteiger partial charge in [0.2, 0.25) is 0 Å². The highest BCUT2D eigenvalue weighted by molar-refractivity contribution is 5.40. The van der Waals surface area contributed by atoms with Crippen molar-refractivity contribution in [2.45, 2.75) is 51.6 Å². The van der Waals surface area contributed by atoms with E-state index in [1.54, 1.807) is 14.2 Å². The molecule has 0 radical (unpaired) electrons. The van der Waals surface area contributed by atoms with Crippen molar-refractivity contribution in [1.82, 2.24) is 5.32 Å². The standard InChI is InChI=1S/C17H27NO2/c1-13(14-7-5-4-6-8-14)18-12-15-9-10-16(19-2)11-17(15)20-3/h9-11,13-14,18H,4-8,12H2,1-3H3. The molecule has 2 rings (SSSR count). The fourth-order valence-corrected chi connectivity index (χ4v) is 3.07. The Labute approximate surface area is 122 Å². The minimum atomic E-state index is 0.571. The molecule has 0 saturated heterocycles. The molecule has 1 saturated carbocycles. The van der Waals surface area contributed by atoms with Gasteiger partial charge < -0.3 is 14.8 Å². The van der Waals surface area contributed by atoms with E-state index in [4.69, 9.17) is 9.47 Å². The molecule has 3 heteroatoms. The van der Waals surface area contributed by atoms with Gasteiger partial charge in [-0.05, 0) is 31.7 Å². The molecule has 0 aliphatic heterocycles. The highest BCUT2D eigenvalue weighted by Gasteiger charge is 2.19. The summed E-state index contributed by atoms with van der Waals surface area (Å²) in [4.78, 5) is 0. The fraction of sp³-hybridized carbons (Fsp3) is 0.647. The maximum absolute atomic E-state index is 5.45.